The second kappa shape index (κ2) is 25.7. The zero-order chi connectivity index (χ0) is 38.7. The lowest BCUT2D eigenvalue weighted by Crippen LogP contribution is -2.21. The van der Waals surface area contributed by atoms with Crippen LogP contribution in [0, 0.1) is 0 Å². The van der Waals surface area contributed by atoms with Crippen LogP contribution in [0.5, 0.6) is 0 Å². The van der Waals surface area contributed by atoms with Gasteiger partial charge in [0.15, 0.2) is 17.3 Å². The van der Waals surface area contributed by atoms with Crippen molar-refractivity contribution in [2.24, 2.45) is 0 Å². The highest BCUT2D eigenvalue weighted by molar-refractivity contribution is 6.15. The first-order chi connectivity index (χ1) is 26.0. The average Bonchev–Trinajstić information content (AvgIpc) is 3.25. The van der Waals surface area contributed by atoms with Crippen molar-refractivity contribution in [3.05, 3.63) is 215 Å². The fraction of sp³-hybridized carbons (Fsp3) is 0.0909. The summed E-state index contributed by atoms with van der Waals surface area (Å²) >= 11 is 0. The molecular weight excluding hydrogens is 679 g/mol. The van der Waals surface area contributed by atoms with E-state index >= 15 is 0 Å². The summed E-state index contributed by atoms with van der Waals surface area (Å²) in [5, 5.41) is 0. The largest absolute Gasteiger partial charge is 0.577 e. The van der Waals surface area contributed by atoms with Crippen molar-refractivity contribution in [3.8, 4) is 0 Å². The first-order valence-electron chi connectivity index (χ1n) is 16.4. The van der Waals surface area contributed by atoms with Crippen LogP contribution in [0.1, 0.15) is 66.0 Å². The Bertz CT molecular complexity index is 1780. The molecule has 53 heavy (non-hydrogen) atoms. The van der Waals surface area contributed by atoms with Crippen molar-refractivity contribution < 1.29 is 37.0 Å². The zero-order valence-corrected chi connectivity index (χ0v) is 28.8. The van der Waals surface area contributed by atoms with E-state index in [1.54, 1.807) is 0 Å². The van der Waals surface area contributed by atoms with Crippen LogP contribution in [0.2, 0.25) is 0 Å². The summed E-state index contributed by atoms with van der Waals surface area (Å²) < 4.78 is 35.0. The van der Waals surface area contributed by atoms with Gasteiger partial charge in [-0.25, -0.2) is 0 Å². The zero-order valence-electron chi connectivity index (χ0n) is 28.8. The fourth-order valence-corrected chi connectivity index (χ4v) is 5.51. The van der Waals surface area contributed by atoms with Gasteiger partial charge in [0.05, 0.1) is 0 Å². The van der Waals surface area contributed by atoms with Gasteiger partial charge in [0.1, 0.15) is 6.79 Å². The number of halogens is 4. The number of carbonyl (C=O) groups excluding carboxylic acids is 4. The van der Waals surface area contributed by atoms with E-state index in [1.165, 1.54) is 0 Å². The van der Waals surface area contributed by atoms with Crippen LogP contribution in [-0.2, 0) is 11.2 Å². The van der Waals surface area contributed by atoms with E-state index in [0.29, 0.717) is 24.0 Å². The molecule has 269 valence electrons. The van der Waals surface area contributed by atoms with Gasteiger partial charge in [0.25, 0.3) is 0 Å². The molecule has 0 aliphatic carbocycles. The van der Waals surface area contributed by atoms with Gasteiger partial charge in [0, 0.05) is 44.1 Å². The monoisotopic (exact) mass is 717 g/mol. The van der Waals surface area contributed by atoms with Crippen molar-refractivity contribution in [2.45, 2.75) is 24.7 Å². The second-order valence-corrected chi connectivity index (χ2v) is 11.2. The number of carbonyl (C=O) groups is 4. The Hall–Kier alpha value is -6.22. The summed E-state index contributed by atoms with van der Waals surface area (Å²) in [5.41, 5.74) is 5.02. The summed E-state index contributed by atoms with van der Waals surface area (Å²) in [6.07, 6.45) is 0.889. The lowest BCUT2D eigenvalue weighted by Gasteiger charge is -2.23. The number of rotatable bonds is 11. The Balaban J connectivity index is 0.000000368. The van der Waals surface area contributed by atoms with E-state index in [1.807, 2.05) is 189 Å². The van der Waals surface area contributed by atoms with Crippen molar-refractivity contribution in [3.63, 3.8) is 0 Å². The summed E-state index contributed by atoms with van der Waals surface area (Å²) in [6, 6.07) is 57.4. The molecule has 9 heteroatoms. The number of ketones is 3. The molecule has 0 heterocycles. The summed E-state index contributed by atoms with van der Waals surface area (Å²) in [4.78, 5) is 46.9. The molecule has 2 atom stereocenters. The maximum Gasteiger partial charge on any atom is 0.577 e. The molecule has 1 radical (unpaired) electrons. The van der Waals surface area contributed by atoms with Crippen LogP contribution in [0.15, 0.2) is 182 Å². The molecule has 6 aromatic carbocycles. The highest BCUT2D eigenvalue weighted by Gasteiger charge is 2.30. The summed E-state index contributed by atoms with van der Waals surface area (Å²) in [5.74, 6) is -0.591. The second-order valence-electron chi connectivity index (χ2n) is 11.2. The molecule has 0 saturated heterocycles. The first kappa shape index (κ1) is 43.0. The predicted octanol–water partition coefficient (Wildman–Crippen LogP) is 10.9. The van der Waals surface area contributed by atoms with E-state index in [0.717, 1.165) is 22.3 Å². The molecule has 0 aliphatic rings. The minimum absolute atomic E-state index is 0.0357. The molecular formula is C44H38BF4O4. The van der Waals surface area contributed by atoms with Gasteiger partial charge in [-0.2, -0.15) is 0 Å². The molecule has 6 rings (SSSR count). The van der Waals surface area contributed by atoms with Crippen LogP contribution in [0.25, 0.3) is 0 Å². The van der Waals surface area contributed by atoms with Crippen LogP contribution in [-0.4, -0.2) is 32.0 Å². The first-order valence-corrected chi connectivity index (χ1v) is 16.4. The molecule has 4 nitrogen and oxygen atoms in total. The standard InChI is InChI=1S/C29H24O2.C14H12O.CH2O.BF2.F2/c30-28(24-17-9-3-10-18-24)26(22-13-5-1-6-14-22)21-27(23-15-7-2-8-16-23)29(31)25-19-11-4-12-20-25;15-14(13-9-5-2-6-10-13)11-12-7-3-1-4-8-12;1-2;2-1-3;1-2/h1-20,26-27H,21H2;1-10H,11H2;1H2;;. The van der Waals surface area contributed by atoms with Crippen molar-refractivity contribution in [1.29, 1.82) is 0 Å². The van der Waals surface area contributed by atoms with Gasteiger partial charge in [0.2, 0.25) is 0 Å². The van der Waals surface area contributed by atoms with E-state index in [-0.39, 0.29) is 17.3 Å². The smallest absolute Gasteiger partial charge is 0.307 e. The molecule has 0 aliphatic heterocycles. The maximum atomic E-state index is 13.6. The summed E-state index contributed by atoms with van der Waals surface area (Å²) in [6.45, 7) is 2.00. The van der Waals surface area contributed by atoms with Gasteiger partial charge in [-0.15, -0.1) is 0 Å². The molecule has 0 spiro atoms. The third kappa shape index (κ3) is 14.5. The Morgan fingerprint density at radius 2 is 0.717 bits per heavy atom. The normalized spacial score (nSPS) is 10.6. The van der Waals surface area contributed by atoms with E-state index in [9.17, 15) is 23.0 Å². The van der Waals surface area contributed by atoms with E-state index < -0.39 is 19.7 Å². The maximum absolute atomic E-state index is 13.6. The lowest BCUT2D eigenvalue weighted by molar-refractivity contribution is -0.0980. The third-order valence-electron chi connectivity index (χ3n) is 7.93. The Kier molecular flexibility index (Phi) is 20.8. The average molecular weight is 718 g/mol. The number of hydrogen-bond acceptors (Lipinski definition) is 4. The molecule has 0 saturated carbocycles. The van der Waals surface area contributed by atoms with Crippen molar-refractivity contribution in [1.82, 2.24) is 0 Å². The Labute approximate surface area is 308 Å². The van der Waals surface area contributed by atoms with Crippen LogP contribution in [0.4, 0.5) is 17.8 Å². The molecule has 2 unspecified atom stereocenters. The van der Waals surface area contributed by atoms with Crippen LogP contribution < -0.4 is 0 Å². The molecule has 0 aromatic heterocycles. The number of Topliss-reactive ketones (excluding diaryl/α,β-unsaturated/α-hetero) is 3. The van der Waals surface area contributed by atoms with E-state index in [4.69, 9.17) is 13.9 Å². The molecule has 0 amide bonds. The third-order valence-corrected chi connectivity index (χ3v) is 7.93. The lowest BCUT2D eigenvalue weighted by atomic mass is 9.78. The SMILES string of the molecule is C=O.FF.F[B]F.O=C(Cc1ccccc1)c1ccccc1.O=C(c1ccccc1)C(CC(C(=O)c1ccccc1)c1ccccc1)c1ccccc1. The van der Waals surface area contributed by atoms with Gasteiger partial charge < -0.3 is 4.79 Å². The fourth-order valence-electron chi connectivity index (χ4n) is 5.51. The van der Waals surface area contributed by atoms with Gasteiger partial charge >= 0.3 is 7.83 Å². The molecule has 0 N–H and O–H groups in total. The number of hydrogen-bond donors (Lipinski definition) is 0. The van der Waals surface area contributed by atoms with Gasteiger partial charge in [-0.05, 0) is 23.1 Å². The minimum Gasteiger partial charge on any atom is -0.307 e. The Morgan fingerprint density at radius 1 is 0.453 bits per heavy atom. The highest BCUT2D eigenvalue weighted by atomic mass is 20.0. The van der Waals surface area contributed by atoms with Gasteiger partial charge in [-0.1, -0.05) is 182 Å². The van der Waals surface area contributed by atoms with Crippen LogP contribution >= 0.6 is 0 Å². The molecule has 6 aromatic rings. The Morgan fingerprint density at radius 3 is 1.04 bits per heavy atom. The predicted molar refractivity (Wildman–Crippen MR) is 203 cm³/mol. The van der Waals surface area contributed by atoms with Crippen LogP contribution in [0.3, 0.4) is 0 Å². The molecule has 0 bridgehead atoms. The minimum atomic E-state index is -1.00. The number of benzene rings is 6. The van der Waals surface area contributed by atoms with Gasteiger partial charge in [-0.3, -0.25) is 23.0 Å². The van der Waals surface area contributed by atoms with Crippen molar-refractivity contribution >= 4 is 32.0 Å². The highest BCUT2D eigenvalue weighted by Crippen LogP contribution is 2.35. The quantitative estimate of drug-likeness (QED) is 0.0760. The topological polar surface area (TPSA) is 68.3 Å². The summed E-state index contributed by atoms with van der Waals surface area (Å²) in [7, 11) is -1.00. The van der Waals surface area contributed by atoms with E-state index in [2.05, 4.69) is 0 Å². The molecule has 0 fully saturated rings. The van der Waals surface area contributed by atoms with Crippen molar-refractivity contribution in [2.75, 3.05) is 0 Å².